The Labute approximate surface area is 137 Å². The van der Waals surface area contributed by atoms with Crippen molar-refractivity contribution in [3.63, 3.8) is 0 Å². The van der Waals surface area contributed by atoms with Gasteiger partial charge in [-0.25, -0.2) is 19.0 Å². The number of hydrogen-bond donors (Lipinski definition) is 2. The van der Waals surface area contributed by atoms with Gasteiger partial charge in [-0.2, -0.15) is 5.10 Å². The molecule has 0 aliphatic heterocycles. The number of halogens is 1. The van der Waals surface area contributed by atoms with Gasteiger partial charge in [-0.15, -0.1) is 0 Å². The van der Waals surface area contributed by atoms with E-state index in [1.165, 1.54) is 10.7 Å². The molecule has 1 aromatic carbocycles. The van der Waals surface area contributed by atoms with Crippen molar-refractivity contribution in [3.05, 3.63) is 60.9 Å². The maximum absolute atomic E-state index is 14.1. The molecule has 2 aromatic heterocycles. The first-order valence-corrected chi connectivity index (χ1v) is 7.33. The minimum atomic E-state index is -0.465. The first-order valence-electron chi connectivity index (χ1n) is 7.33. The smallest absolute Gasteiger partial charge is 0.226 e. The lowest BCUT2D eigenvalue weighted by molar-refractivity contribution is -0.115. The molecule has 1 amide bonds. The van der Waals surface area contributed by atoms with Crippen LogP contribution in [0.5, 0.6) is 0 Å². The van der Waals surface area contributed by atoms with Crippen LogP contribution in [0.25, 0.3) is 5.69 Å². The highest BCUT2D eigenvalue weighted by molar-refractivity contribution is 5.91. The van der Waals surface area contributed by atoms with Crippen LogP contribution in [0.4, 0.5) is 16.0 Å². The van der Waals surface area contributed by atoms with Crippen LogP contribution in [0.3, 0.4) is 0 Å². The van der Waals surface area contributed by atoms with E-state index in [2.05, 4.69) is 25.7 Å². The molecule has 0 saturated heterocycles. The largest absolute Gasteiger partial charge is 0.354 e. The summed E-state index contributed by atoms with van der Waals surface area (Å²) in [5.41, 5.74) is 0.713. The SMILES string of the molecule is O=C(CCNc1ncccn1)Nc1ccc(-n2cccn2)c(F)c1. The minimum Gasteiger partial charge on any atom is -0.354 e. The Morgan fingerprint density at radius 3 is 2.71 bits per heavy atom. The van der Waals surface area contributed by atoms with Gasteiger partial charge in [-0.05, 0) is 30.3 Å². The number of nitrogens with one attached hydrogen (secondary N) is 2. The molecule has 2 N–H and O–H groups in total. The number of carbonyl (C=O) groups is 1. The van der Waals surface area contributed by atoms with Crippen molar-refractivity contribution in [3.8, 4) is 5.69 Å². The van der Waals surface area contributed by atoms with Crippen LogP contribution in [0.2, 0.25) is 0 Å². The number of benzene rings is 1. The third-order valence-corrected chi connectivity index (χ3v) is 3.18. The molecule has 0 aliphatic carbocycles. The van der Waals surface area contributed by atoms with Crippen molar-refractivity contribution in [1.82, 2.24) is 19.7 Å². The number of hydrogen-bond acceptors (Lipinski definition) is 5. The van der Waals surface area contributed by atoms with E-state index in [1.54, 1.807) is 49.1 Å². The highest BCUT2D eigenvalue weighted by atomic mass is 19.1. The van der Waals surface area contributed by atoms with E-state index in [9.17, 15) is 9.18 Å². The number of carbonyl (C=O) groups excluding carboxylic acids is 1. The first-order chi connectivity index (χ1) is 11.7. The zero-order chi connectivity index (χ0) is 16.8. The second-order valence-corrected chi connectivity index (χ2v) is 4.91. The topological polar surface area (TPSA) is 84.7 Å². The normalized spacial score (nSPS) is 10.4. The monoisotopic (exact) mass is 326 g/mol. The van der Waals surface area contributed by atoms with Crippen molar-refractivity contribution in [2.45, 2.75) is 6.42 Å². The predicted molar refractivity (Wildman–Crippen MR) is 87.3 cm³/mol. The maximum Gasteiger partial charge on any atom is 0.226 e. The Bertz CT molecular complexity index is 807. The third-order valence-electron chi connectivity index (χ3n) is 3.18. The summed E-state index contributed by atoms with van der Waals surface area (Å²) >= 11 is 0. The number of nitrogens with zero attached hydrogens (tertiary/aromatic N) is 4. The van der Waals surface area contributed by atoms with Gasteiger partial charge in [0.2, 0.25) is 11.9 Å². The van der Waals surface area contributed by atoms with Gasteiger partial charge in [0, 0.05) is 43.4 Å². The van der Waals surface area contributed by atoms with Gasteiger partial charge in [0.15, 0.2) is 5.82 Å². The maximum atomic E-state index is 14.1. The van der Waals surface area contributed by atoms with Crippen molar-refractivity contribution < 1.29 is 9.18 Å². The van der Waals surface area contributed by atoms with E-state index in [0.717, 1.165) is 0 Å². The predicted octanol–water partition coefficient (Wildman–Crippen LogP) is 2.24. The number of anilines is 2. The number of aromatic nitrogens is 4. The van der Waals surface area contributed by atoms with E-state index < -0.39 is 5.82 Å². The average Bonchev–Trinajstić information content (AvgIpc) is 3.10. The van der Waals surface area contributed by atoms with Crippen LogP contribution < -0.4 is 10.6 Å². The van der Waals surface area contributed by atoms with Gasteiger partial charge in [-0.3, -0.25) is 4.79 Å². The summed E-state index contributed by atoms with van der Waals surface area (Å²) in [5, 5.41) is 9.56. The summed E-state index contributed by atoms with van der Waals surface area (Å²) in [6.45, 7) is 0.379. The van der Waals surface area contributed by atoms with Crippen molar-refractivity contribution in [1.29, 1.82) is 0 Å². The molecule has 3 aromatic rings. The molecule has 0 unspecified atom stereocenters. The van der Waals surface area contributed by atoms with Gasteiger partial charge in [0.25, 0.3) is 0 Å². The lowest BCUT2D eigenvalue weighted by Gasteiger charge is -2.08. The van der Waals surface area contributed by atoms with Gasteiger partial charge in [0.05, 0.1) is 0 Å². The lowest BCUT2D eigenvalue weighted by Crippen LogP contribution is -2.17. The Morgan fingerprint density at radius 1 is 1.17 bits per heavy atom. The molecule has 122 valence electrons. The van der Waals surface area contributed by atoms with E-state index in [4.69, 9.17) is 0 Å². The summed E-state index contributed by atoms with van der Waals surface area (Å²) in [6.07, 6.45) is 6.64. The first kappa shape index (κ1) is 15.6. The summed E-state index contributed by atoms with van der Waals surface area (Å²) in [4.78, 5) is 19.9. The standard InChI is InChI=1S/C16H15FN6O/c17-13-11-12(3-4-14(13)23-10-2-8-21-23)22-15(24)5-9-20-16-18-6-1-7-19-16/h1-4,6-8,10-11H,5,9H2,(H,22,24)(H,18,19,20). The zero-order valence-corrected chi connectivity index (χ0v) is 12.7. The van der Waals surface area contributed by atoms with Crippen molar-refractivity contribution in [2.24, 2.45) is 0 Å². The fraction of sp³-hybridized carbons (Fsp3) is 0.125. The second-order valence-electron chi connectivity index (χ2n) is 4.91. The quantitative estimate of drug-likeness (QED) is 0.726. The van der Waals surface area contributed by atoms with Gasteiger partial charge in [-0.1, -0.05) is 0 Å². The van der Waals surface area contributed by atoms with Crippen LogP contribution in [0, 0.1) is 5.82 Å². The van der Waals surface area contributed by atoms with Gasteiger partial charge >= 0.3 is 0 Å². The third kappa shape index (κ3) is 3.92. The molecule has 3 rings (SSSR count). The molecule has 7 nitrogen and oxygen atoms in total. The number of amides is 1. The van der Waals surface area contributed by atoms with Crippen molar-refractivity contribution in [2.75, 3.05) is 17.2 Å². The van der Waals surface area contributed by atoms with E-state index in [-0.39, 0.29) is 12.3 Å². The minimum absolute atomic E-state index is 0.209. The summed E-state index contributed by atoms with van der Waals surface area (Å²) in [5.74, 6) is -0.239. The molecule has 2 heterocycles. The molecule has 0 aliphatic rings. The highest BCUT2D eigenvalue weighted by Crippen LogP contribution is 2.17. The average molecular weight is 326 g/mol. The van der Waals surface area contributed by atoms with Crippen LogP contribution >= 0.6 is 0 Å². The van der Waals surface area contributed by atoms with Gasteiger partial charge in [0.1, 0.15) is 5.69 Å². The fourth-order valence-corrected chi connectivity index (χ4v) is 2.08. The Balaban J connectivity index is 1.54. The molecular formula is C16H15FN6O. The molecular weight excluding hydrogens is 311 g/mol. The highest BCUT2D eigenvalue weighted by Gasteiger charge is 2.08. The fourth-order valence-electron chi connectivity index (χ4n) is 2.08. The molecule has 0 atom stereocenters. The Kier molecular flexibility index (Phi) is 4.76. The van der Waals surface area contributed by atoms with Crippen LogP contribution in [0.15, 0.2) is 55.1 Å². The molecule has 24 heavy (non-hydrogen) atoms. The second kappa shape index (κ2) is 7.32. The summed E-state index contributed by atoms with van der Waals surface area (Å²) in [7, 11) is 0. The zero-order valence-electron chi connectivity index (χ0n) is 12.7. The van der Waals surface area contributed by atoms with Crippen LogP contribution in [0.1, 0.15) is 6.42 Å². The Morgan fingerprint density at radius 2 is 2.00 bits per heavy atom. The van der Waals surface area contributed by atoms with Crippen molar-refractivity contribution >= 4 is 17.5 Å². The van der Waals surface area contributed by atoms with E-state index >= 15 is 0 Å². The molecule has 0 bridgehead atoms. The molecule has 8 heteroatoms. The summed E-state index contributed by atoms with van der Waals surface area (Å²) < 4.78 is 15.5. The summed E-state index contributed by atoms with van der Waals surface area (Å²) in [6, 6.07) is 7.88. The Hall–Kier alpha value is -3.29. The lowest BCUT2D eigenvalue weighted by atomic mass is 10.2. The number of rotatable bonds is 6. The molecule has 0 fully saturated rings. The van der Waals surface area contributed by atoms with Crippen LogP contribution in [-0.4, -0.2) is 32.2 Å². The van der Waals surface area contributed by atoms with E-state index in [1.807, 2.05) is 0 Å². The van der Waals surface area contributed by atoms with Crippen LogP contribution in [-0.2, 0) is 4.79 Å². The molecule has 0 saturated carbocycles. The molecule has 0 spiro atoms. The molecule has 0 radical (unpaired) electrons. The van der Waals surface area contributed by atoms with E-state index in [0.29, 0.717) is 23.9 Å². The van der Waals surface area contributed by atoms with Gasteiger partial charge < -0.3 is 10.6 Å².